The molecule has 2 aromatic carbocycles. The van der Waals surface area contributed by atoms with Gasteiger partial charge in [-0.2, -0.15) is 0 Å². The van der Waals surface area contributed by atoms with Crippen LogP contribution in [0.15, 0.2) is 58.9 Å². The summed E-state index contributed by atoms with van der Waals surface area (Å²) in [6, 6.07) is 10.4. The Morgan fingerprint density at radius 1 is 1.00 bits per heavy atom. The molecule has 0 bridgehead atoms. The highest BCUT2D eigenvalue weighted by molar-refractivity contribution is 6.04. The van der Waals surface area contributed by atoms with Crippen molar-refractivity contribution in [3.63, 3.8) is 0 Å². The lowest BCUT2D eigenvalue weighted by Crippen LogP contribution is -2.36. The molecule has 0 aromatic heterocycles. The molecule has 0 radical (unpaired) electrons. The van der Waals surface area contributed by atoms with Gasteiger partial charge in [-0.3, -0.25) is 14.9 Å². The molecule has 4 rings (SSSR count). The number of dihydropyridines is 1. The standard InChI is InChI=1S/C29H32N2O8/c1-16-6-7-19(13-22(16)31(34)35)27-26(29(33)39-11-10-36-3)17(2)30-21-12-20(14-23(32)28(21)27)18-8-9-24(37-4)25(15-18)38-5/h6-9,13,15,20,27,30H,10-12,14H2,1-5H3/t20-,27+/m1/s1. The Bertz CT molecular complexity index is 1380. The van der Waals surface area contributed by atoms with E-state index in [2.05, 4.69) is 5.32 Å². The Balaban J connectivity index is 1.79. The Labute approximate surface area is 226 Å². The molecule has 0 unspecified atom stereocenters. The Morgan fingerprint density at radius 3 is 2.38 bits per heavy atom. The van der Waals surface area contributed by atoms with Crippen molar-refractivity contribution in [1.29, 1.82) is 0 Å². The molecule has 206 valence electrons. The lowest BCUT2D eigenvalue weighted by atomic mass is 9.71. The first kappa shape index (κ1) is 27.8. The fourth-order valence-electron chi connectivity index (χ4n) is 5.28. The maximum atomic E-state index is 13.8. The fourth-order valence-corrected chi connectivity index (χ4v) is 5.28. The number of hydrogen-bond acceptors (Lipinski definition) is 9. The van der Waals surface area contributed by atoms with Gasteiger partial charge in [-0.05, 0) is 49.4 Å². The van der Waals surface area contributed by atoms with Crippen LogP contribution in [0.5, 0.6) is 11.5 Å². The number of carbonyl (C=O) groups is 2. The molecule has 2 aliphatic rings. The lowest BCUT2D eigenvalue weighted by molar-refractivity contribution is -0.385. The van der Waals surface area contributed by atoms with Crippen LogP contribution in [0.2, 0.25) is 0 Å². The minimum Gasteiger partial charge on any atom is -0.493 e. The first-order chi connectivity index (χ1) is 18.7. The quantitative estimate of drug-likeness (QED) is 0.214. The molecular weight excluding hydrogens is 504 g/mol. The number of rotatable bonds is 9. The lowest BCUT2D eigenvalue weighted by Gasteiger charge is -2.36. The van der Waals surface area contributed by atoms with Gasteiger partial charge in [0.2, 0.25) is 0 Å². The van der Waals surface area contributed by atoms with Crippen LogP contribution < -0.4 is 14.8 Å². The monoisotopic (exact) mass is 536 g/mol. The predicted octanol–water partition coefficient (Wildman–Crippen LogP) is 4.47. The summed E-state index contributed by atoms with van der Waals surface area (Å²) < 4.78 is 21.2. The maximum Gasteiger partial charge on any atom is 0.336 e. The van der Waals surface area contributed by atoms with E-state index in [-0.39, 0.29) is 42.6 Å². The summed E-state index contributed by atoms with van der Waals surface area (Å²) in [4.78, 5) is 38.4. The maximum absolute atomic E-state index is 13.8. The van der Waals surface area contributed by atoms with Crippen molar-refractivity contribution < 1.29 is 33.5 Å². The molecule has 1 heterocycles. The number of carbonyl (C=O) groups excluding carboxylic acids is 2. The van der Waals surface area contributed by atoms with Crippen LogP contribution in [0.25, 0.3) is 0 Å². The minimum absolute atomic E-state index is 0.0358. The fraction of sp³-hybridized carbons (Fsp3) is 0.379. The van der Waals surface area contributed by atoms with E-state index >= 15 is 0 Å². The number of nitro benzene ring substituents is 1. The third kappa shape index (κ3) is 5.51. The summed E-state index contributed by atoms with van der Waals surface area (Å²) in [6.45, 7) is 3.65. The number of ether oxygens (including phenoxy) is 4. The molecule has 1 aliphatic carbocycles. The number of aryl methyl sites for hydroxylation is 1. The Hall–Kier alpha value is -4.18. The second-order valence-corrected chi connectivity index (χ2v) is 9.56. The first-order valence-electron chi connectivity index (χ1n) is 12.6. The van der Waals surface area contributed by atoms with Crippen molar-refractivity contribution in [1.82, 2.24) is 5.32 Å². The minimum atomic E-state index is -0.811. The average Bonchev–Trinajstić information content (AvgIpc) is 2.91. The normalized spacial score (nSPS) is 18.8. The van der Waals surface area contributed by atoms with Gasteiger partial charge in [0, 0.05) is 48.0 Å². The second kappa shape index (κ2) is 11.7. The number of methoxy groups -OCH3 is 3. The molecule has 10 heteroatoms. The van der Waals surface area contributed by atoms with Gasteiger partial charge in [0.25, 0.3) is 5.69 Å². The number of ketones is 1. The van der Waals surface area contributed by atoms with Crippen molar-refractivity contribution in [2.24, 2.45) is 0 Å². The summed E-state index contributed by atoms with van der Waals surface area (Å²) in [5, 5.41) is 15.0. The van der Waals surface area contributed by atoms with E-state index in [1.165, 1.54) is 13.2 Å². The van der Waals surface area contributed by atoms with Gasteiger partial charge < -0.3 is 24.3 Å². The van der Waals surface area contributed by atoms with Crippen LogP contribution in [0.3, 0.4) is 0 Å². The van der Waals surface area contributed by atoms with E-state index in [0.29, 0.717) is 46.0 Å². The molecule has 0 saturated heterocycles. The van der Waals surface area contributed by atoms with E-state index in [0.717, 1.165) is 5.56 Å². The zero-order chi connectivity index (χ0) is 28.3. The predicted molar refractivity (Wildman–Crippen MR) is 143 cm³/mol. The molecule has 1 aliphatic heterocycles. The van der Waals surface area contributed by atoms with Gasteiger partial charge in [-0.15, -0.1) is 0 Å². The van der Waals surface area contributed by atoms with Crippen molar-refractivity contribution in [3.05, 3.63) is 85.7 Å². The smallest absolute Gasteiger partial charge is 0.336 e. The largest absolute Gasteiger partial charge is 0.493 e. The van der Waals surface area contributed by atoms with Crippen molar-refractivity contribution in [2.75, 3.05) is 34.5 Å². The van der Waals surface area contributed by atoms with Crippen LogP contribution in [0, 0.1) is 17.0 Å². The summed E-state index contributed by atoms with van der Waals surface area (Å²) >= 11 is 0. The molecule has 2 aromatic rings. The number of Topliss-reactive ketones (excluding diaryl/α,β-unsaturated/α-hetero) is 1. The molecule has 0 amide bonds. The highest BCUT2D eigenvalue weighted by Crippen LogP contribution is 2.47. The van der Waals surface area contributed by atoms with Gasteiger partial charge in [-0.25, -0.2) is 4.79 Å². The molecule has 39 heavy (non-hydrogen) atoms. The summed E-state index contributed by atoms with van der Waals surface area (Å²) in [6.07, 6.45) is 0.704. The average molecular weight is 537 g/mol. The zero-order valence-electron chi connectivity index (χ0n) is 22.7. The van der Waals surface area contributed by atoms with Crippen LogP contribution in [-0.2, 0) is 19.1 Å². The number of hydrogen-bond donors (Lipinski definition) is 1. The van der Waals surface area contributed by atoms with E-state index in [1.54, 1.807) is 40.2 Å². The topological polar surface area (TPSA) is 126 Å². The van der Waals surface area contributed by atoms with E-state index in [1.807, 2.05) is 18.2 Å². The van der Waals surface area contributed by atoms with Crippen LogP contribution in [-0.4, -0.2) is 51.2 Å². The van der Waals surface area contributed by atoms with Gasteiger partial charge in [0.05, 0.1) is 31.3 Å². The van der Waals surface area contributed by atoms with E-state index in [4.69, 9.17) is 18.9 Å². The molecule has 0 saturated carbocycles. The van der Waals surface area contributed by atoms with Gasteiger partial charge in [0.15, 0.2) is 17.3 Å². The van der Waals surface area contributed by atoms with Gasteiger partial charge in [-0.1, -0.05) is 18.2 Å². The summed E-state index contributed by atoms with van der Waals surface area (Å²) in [7, 11) is 4.62. The molecule has 0 spiro atoms. The second-order valence-electron chi connectivity index (χ2n) is 9.56. The number of benzene rings is 2. The van der Waals surface area contributed by atoms with E-state index in [9.17, 15) is 19.7 Å². The van der Waals surface area contributed by atoms with Gasteiger partial charge >= 0.3 is 5.97 Å². The number of allylic oxidation sites excluding steroid dienone is 3. The van der Waals surface area contributed by atoms with Crippen molar-refractivity contribution in [2.45, 2.75) is 38.5 Å². The number of nitrogens with zero attached hydrogens (tertiary/aromatic N) is 1. The Morgan fingerprint density at radius 2 is 1.72 bits per heavy atom. The molecule has 10 nitrogen and oxygen atoms in total. The van der Waals surface area contributed by atoms with Crippen molar-refractivity contribution in [3.8, 4) is 11.5 Å². The number of esters is 1. The first-order valence-corrected chi connectivity index (χ1v) is 12.6. The van der Waals surface area contributed by atoms with Crippen LogP contribution in [0.1, 0.15) is 48.3 Å². The summed E-state index contributed by atoms with van der Waals surface area (Å²) in [5.74, 6) is -0.538. The molecule has 2 atom stereocenters. The number of nitro groups is 1. The summed E-state index contributed by atoms with van der Waals surface area (Å²) in [5.41, 5.74) is 3.70. The van der Waals surface area contributed by atoms with Crippen LogP contribution in [0.4, 0.5) is 5.69 Å². The molecule has 1 N–H and O–H groups in total. The Kier molecular flexibility index (Phi) is 8.35. The molecule has 0 fully saturated rings. The van der Waals surface area contributed by atoms with E-state index < -0.39 is 16.8 Å². The van der Waals surface area contributed by atoms with Crippen LogP contribution >= 0.6 is 0 Å². The highest BCUT2D eigenvalue weighted by Gasteiger charge is 2.42. The molecular formula is C29H32N2O8. The van der Waals surface area contributed by atoms with Gasteiger partial charge in [0.1, 0.15) is 6.61 Å². The number of nitrogens with one attached hydrogen (secondary N) is 1. The highest BCUT2D eigenvalue weighted by atomic mass is 16.6. The SMILES string of the molecule is COCCOC(=O)C1=C(C)NC2=C(C(=O)C[C@H](c3ccc(OC)c(OC)c3)C2)[C@H]1c1ccc(C)c([N+](=O)[O-])c1. The third-order valence-corrected chi connectivity index (χ3v) is 7.21. The van der Waals surface area contributed by atoms with Crippen molar-refractivity contribution >= 4 is 17.4 Å². The zero-order valence-corrected chi connectivity index (χ0v) is 22.7. The third-order valence-electron chi connectivity index (χ3n) is 7.21.